The first-order chi connectivity index (χ1) is 47.8. The molecule has 3 aromatic carbocycles. The number of aromatic hydroxyl groups is 1. The molecule has 2 saturated heterocycles. The zero-order valence-corrected chi connectivity index (χ0v) is 61.6. The van der Waals surface area contributed by atoms with E-state index in [2.05, 4.69) is 132 Å². The van der Waals surface area contributed by atoms with Crippen LogP contribution in [0.2, 0.25) is 0 Å². The molecule has 0 aromatic heterocycles. The van der Waals surface area contributed by atoms with E-state index < -0.39 is 46.6 Å². The summed E-state index contributed by atoms with van der Waals surface area (Å²) in [5, 5.41) is 64.0. The van der Waals surface area contributed by atoms with Crippen LogP contribution in [0.3, 0.4) is 0 Å². The molecule has 14 aliphatic rings. The highest BCUT2D eigenvalue weighted by atomic mass is 16.5. The molecule has 3 aromatic rings. The highest BCUT2D eigenvalue weighted by Crippen LogP contribution is 2.70. The fourth-order valence-corrected chi connectivity index (χ4v) is 25.3. The van der Waals surface area contributed by atoms with E-state index in [-0.39, 0.29) is 52.6 Å². The number of carbonyl (C=O) groups excluding carboxylic acids is 3. The van der Waals surface area contributed by atoms with Gasteiger partial charge in [0.25, 0.3) is 0 Å². The first-order valence-electron chi connectivity index (χ1n) is 39.3. The van der Waals surface area contributed by atoms with Gasteiger partial charge in [0.1, 0.15) is 12.2 Å². The van der Waals surface area contributed by atoms with Gasteiger partial charge in [0.15, 0.2) is 35.0 Å². The van der Waals surface area contributed by atoms with Crippen molar-refractivity contribution in [3.8, 4) is 11.5 Å². The van der Waals surface area contributed by atoms with E-state index >= 15 is 0 Å². The van der Waals surface area contributed by atoms with Gasteiger partial charge in [0.05, 0.1) is 23.2 Å². The summed E-state index contributed by atoms with van der Waals surface area (Å²) in [5.41, 5.74) is 10.2. The summed E-state index contributed by atoms with van der Waals surface area (Å²) in [7, 11) is 2.22. The van der Waals surface area contributed by atoms with E-state index in [0.29, 0.717) is 61.5 Å². The molecule has 0 amide bonds. The van der Waals surface area contributed by atoms with E-state index in [4.69, 9.17) is 4.74 Å². The van der Waals surface area contributed by atoms with Crippen LogP contribution in [0.4, 0.5) is 0 Å². The van der Waals surface area contributed by atoms with Crippen LogP contribution in [0, 0.1) is 74.9 Å². The van der Waals surface area contributed by atoms with Gasteiger partial charge in [-0.1, -0.05) is 163 Å². The van der Waals surface area contributed by atoms with Crippen LogP contribution >= 0.6 is 0 Å². The molecule has 1 spiro atoms. The van der Waals surface area contributed by atoms with Gasteiger partial charge in [-0.2, -0.15) is 0 Å². The number of rotatable bonds is 9. The summed E-state index contributed by atoms with van der Waals surface area (Å²) < 4.78 is 5.98. The molecule has 0 unspecified atom stereocenters. The lowest BCUT2D eigenvalue weighted by Gasteiger charge is -2.62. The predicted molar refractivity (Wildman–Crippen MR) is 396 cm³/mol. The Bertz CT molecular complexity index is 3730. The van der Waals surface area contributed by atoms with Crippen LogP contribution < -0.4 is 4.74 Å². The zero-order valence-electron chi connectivity index (χ0n) is 61.6. The Labute approximate surface area is 596 Å². The number of phenolic OH excluding ortho intramolecular Hbond substituents is 1. The lowest BCUT2D eigenvalue weighted by molar-refractivity contribution is -0.187. The minimum atomic E-state index is -1.54. The predicted octanol–water partition coefficient (Wildman–Crippen LogP) is 15.2. The second-order valence-corrected chi connectivity index (χ2v) is 35.6. The number of phenols is 1. The smallest absolute Gasteiger partial charge is 0.190 e. The molecule has 2 bridgehead atoms. The molecule has 12 nitrogen and oxygen atoms in total. The Hall–Kier alpha value is -5.31. The number of hydrogen-bond acceptors (Lipinski definition) is 12. The third kappa shape index (κ3) is 11.6. The van der Waals surface area contributed by atoms with Gasteiger partial charge in [-0.15, -0.1) is 6.58 Å². The third-order valence-electron chi connectivity index (χ3n) is 30.5. The maximum atomic E-state index is 12.6. The van der Waals surface area contributed by atoms with Crippen LogP contribution in [-0.4, -0.2) is 133 Å². The topological polar surface area (TPSA) is 188 Å². The molecule has 9 fully saturated rings. The van der Waals surface area contributed by atoms with Crippen molar-refractivity contribution in [3.05, 3.63) is 136 Å². The second-order valence-electron chi connectivity index (χ2n) is 35.6. The number of piperidine rings is 2. The molecule has 540 valence electrons. The van der Waals surface area contributed by atoms with Crippen molar-refractivity contribution in [1.82, 2.24) is 9.80 Å². The molecule has 100 heavy (non-hydrogen) atoms. The molecule has 12 heteroatoms. The van der Waals surface area contributed by atoms with Crippen molar-refractivity contribution < 1.29 is 49.8 Å². The largest absolute Gasteiger partial charge is 0.504 e. The average molecular weight is 1360 g/mol. The minimum Gasteiger partial charge on any atom is -0.504 e. The van der Waals surface area contributed by atoms with Crippen molar-refractivity contribution in [2.45, 2.75) is 244 Å². The minimum absolute atomic E-state index is 0.0408. The number of nitrogens with zero attached hydrogens (tertiary/aromatic N) is 2. The Morgan fingerprint density at radius 2 is 1.44 bits per heavy atom. The standard InChI is InChI=1S/C27H46O.C21H21N.C21H30O5.C19H21NO4/c1-18(2)7-6-8-19(3)23-11-12-24-22-10-9-20-17-21(28)13-15-26(20,4)25(22)14-16-27(23,24)5;1-22-14-12-18(13-15-22)21-19-8-4-2-6-16(19)10-11-17-7-3-5-9-20(17)21;1-19-7-5-13(23)9-12(19)3-4-14-15-6-8-21(26,17(25)11-22)20(15,2)10-16(24)18(14)19;1-2-8-20-9-7-18-15-11-3-4-12(21)16(15)24-17(18)13(22)5-6-19(18,23)14(20)10-11/h9,18-19,21-25,28H,6-8,10-17H2,1-5H3;2-11H,12-15H2,1H3;9,14-16,18,22,24,26H,3-8,10-11H2,1-2H3;2-4,14,17,21,23H,1,5-10H2/t19-,21+,22+,23-,24+,25+,26+,27-;;14-,15-,16-,18+,19-,20-,21-;14-,17+,18+,19-/m1.01/s1. The quantitative estimate of drug-likeness (QED) is 0.0872. The molecule has 0 radical (unpaired) electrons. The van der Waals surface area contributed by atoms with Crippen molar-refractivity contribution in [2.24, 2.45) is 74.9 Å². The van der Waals surface area contributed by atoms with Crippen molar-refractivity contribution in [3.63, 3.8) is 0 Å². The number of fused-ring (bicyclic) bond motifs is 12. The van der Waals surface area contributed by atoms with Gasteiger partial charge in [0, 0.05) is 56.0 Å². The maximum absolute atomic E-state index is 12.6. The van der Waals surface area contributed by atoms with Crippen LogP contribution in [0.1, 0.15) is 230 Å². The Morgan fingerprint density at radius 1 is 0.730 bits per heavy atom. The van der Waals surface area contributed by atoms with Crippen LogP contribution in [-0.2, 0) is 26.2 Å². The lowest BCUT2D eigenvalue weighted by atomic mass is 9.45. The summed E-state index contributed by atoms with van der Waals surface area (Å²) in [4.78, 5) is 41.6. The number of ether oxygens (including phenoxy) is 1. The molecule has 3 heterocycles. The van der Waals surface area contributed by atoms with Gasteiger partial charge in [-0.25, -0.2) is 0 Å². The summed E-state index contributed by atoms with van der Waals surface area (Å²) in [6, 6.07) is 21.1. The Morgan fingerprint density at radius 3 is 2.14 bits per heavy atom. The molecule has 3 aliphatic heterocycles. The lowest BCUT2D eigenvalue weighted by Crippen LogP contribution is -2.76. The number of carbonyl (C=O) groups is 3. The van der Waals surface area contributed by atoms with Crippen LogP contribution in [0.5, 0.6) is 11.5 Å². The number of hydrogen-bond donors (Lipinski definition) is 6. The van der Waals surface area contributed by atoms with Gasteiger partial charge in [0.2, 0.25) is 0 Å². The summed E-state index contributed by atoms with van der Waals surface area (Å²) in [6.07, 6.45) is 33.1. The van der Waals surface area contributed by atoms with E-state index in [1.165, 1.54) is 104 Å². The first kappa shape index (κ1) is 71.7. The number of benzene rings is 3. The number of aliphatic hydroxyl groups excluding tert-OH is 3. The first-order valence-corrected chi connectivity index (χ1v) is 39.3. The SMILES string of the molecule is C=CCN1CC[C@]23c4c5ccc(O)c4O[C@H]2C(=O)CC[C@@]3(O)[C@H]1C5.CC(C)CCC[C@@H](C)[C@H]1CC[C@H]2[C@@H]3CC=C4C[C@@H](O)CC[C@]4(C)[C@H]3CC[C@]12C.CN1CCC(=C2c3ccccc3C=Cc3ccccc32)CC1.C[C@]12CCC(=O)C=C1CC[C@@H]1[C@@H]2[C@@H](O)C[C@@]2(C)[C@H]1CC[C@]2(O)C(=O)CO. The van der Waals surface area contributed by atoms with Crippen molar-refractivity contribution in [1.29, 1.82) is 0 Å². The van der Waals surface area contributed by atoms with Gasteiger partial charge < -0.3 is 40.3 Å². The summed E-state index contributed by atoms with van der Waals surface area (Å²) >= 11 is 0. The Balaban J connectivity index is 0.000000114. The number of Topliss-reactive ketones (excluding diaryl/α,β-unsaturated/α-hetero) is 2. The maximum Gasteiger partial charge on any atom is 0.190 e. The van der Waals surface area contributed by atoms with Crippen molar-refractivity contribution >= 4 is 35.1 Å². The fraction of sp³-hybridized carbons (Fsp3) is 0.648. The number of ketones is 3. The van der Waals surface area contributed by atoms with E-state index in [9.17, 15) is 45.0 Å². The zero-order chi connectivity index (χ0) is 70.6. The van der Waals surface area contributed by atoms with Gasteiger partial charge in [-0.05, 0) is 244 Å². The molecule has 19 atom stereocenters. The van der Waals surface area contributed by atoms with Crippen molar-refractivity contribution in [2.75, 3.05) is 39.8 Å². The third-order valence-corrected chi connectivity index (χ3v) is 30.5. The summed E-state index contributed by atoms with van der Waals surface area (Å²) in [5.74, 6) is 6.13. The van der Waals surface area contributed by atoms with E-state index in [0.717, 1.165) is 111 Å². The molecule has 6 N–H and O–H groups in total. The van der Waals surface area contributed by atoms with E-state index in [1.54, 1.807) is 23.3 Å². The van der Waals surface area contributed by atoms with Gasteiger partial charge >= 0.3 is 0 Å². The van der Waals surface area contributed by atoms with Crippen LogP contribution in [0.15, 0.2) is 102 Å². The highest BCUT2D eigenvalue weighted by Gasteiger charge is 2.74. The summed E-state index contributed by atoms with van der Waals surface area (Å²) in [6.45, 7) is 23.7. The number of likely N-dealkylation sites (tertiary alicyclic amines) is 2. The molecule has 7 saturated carbocycles. The van der Waals surface area contributed by atoms with Crippen LogP contribution in [0.25, 0.3) is 17.7 Å². The normalized spacial score (nSPS) is 39.5. The average Bonchev–Trinajstić information content (AvgIpc) is 1.43. The Kier molecular flexibility index (Phi) is 19.6. The molecular weight excluding hydrogens is 1240 g/mol. The fourth-order valence-electron chi connectivity index (χ4n) is 25.3. The highest BCUT2D eigenvalue weighted by molar-refractivity contribution is 5.95. The molecule has 17 rings (SSSR count). The number of allylic oxidation sites excluding steroid dienone is 2. The second kappa shape index (κ2) is 27.3. The molecule has 11 aliphatic carbocycles. The van der Waals surface area contributed by atoms with Gasteiger partial charge in [-0.3, -0.25) is 19.3 Å². The molecular formula is C88H118N2O10. The van der Waals surface area contributed by atoms with E-state index in [1.807, 2.05) is 19.1 Å². The monoisotopic (exact) mass is 1360 g/mol. The number of aliphatic hydroxyl groups is 5.